The Morgan fingerprint density at radius 2 is 1.61 bits per heavy atom. The van der Waals surface area contributed by atoms with Crippen LogP contribution in [0.15, 0.2) is 24.3 Å². The highest BCUT2D eigenvalue weighted by Gasteiger charge is 2.42. The Morgan fingerprint density at radius 3 is 2.26 bits per heavy atom. The van der Waals surface area contributed by atoms with Crippen molar-refractivity contribution in [3.63, 3.8) is 0 Å². The maximum absolute atomic E-state index is 6.13. The predicted octanol–water partition coefficient (Wildman–Crippen LogP) is 2.33. The van der Waals surface area contributed by atoms with Crippen molar-refractivity contribution in [2.45, 2.75) is 37.8 Å². The van der Waals surface area contributed by atoms with Crippen molar-refractivity contribution in [2.24, 2.45) is 17.6 Å². The van der Waals surface area contributed by atoms with Gasteiger partial charge in [0.15, 0.2) is 0 Å². The number of nitrogens with zero attached hydrogens (tertiary/aromatic N) is 2. The van der Waals surface area contributed by atoms with Crippen molar-refractivity contribution in [1.82, 2.24) is 4.90 Å². The van der Waals surface area contributed by atoms with E-state index in [1.54, 1.807) is 7.11 Å². The number of piperazine rings is 1. The van der Waals surface area contributed by atoms with Gasteiger partial charge in [-0.1, -0.05) is 12.1 Å². The van der Waals surface area contributed by atoms with Crippen LogP contribution < -0.4 is 15.4 Å². The van der Waals surface area contributed by atoms with Crippen molar-refractivity contribution in [3.8, 4) is 5.75 Å². The monoisotopic (exact) mass is 315 g/mol. The number of methoxy groups -OCH3 is 1. The summed E-state index contributed by atoms with van der Waals surface area (Å²) in [5, 5.41) is 0. The molecule has 1 saturated heterocycles. The van der Waals surface area contributed by atoms with Crippen molar-refractivity contribution in [1.29, 1.82) is 0 Å². The number of hydrogen-bond donors (Lipinski definition) is 1. The summed E-state index contributed by atoms with van der Waals surface area (Å²) in [4.78, 5) is 5.21. The molecule has 2 N–H and O–H groups in total. The second kappa shape index (κ2) is 6.33. The predicted molar refractivity (Wildman–Crippen MR) is 94.0 cm³/mol. The molecule has 3 aliphatic rings. The minimum atomic E-state index is 0.480. The lowest BCUT2D eigenvalue weighted by atomic mass is 10.0. The van der Waals surface area contributed by atoms with E-state index in [2.05, 4.69) is 28.0 Å². The van der Waals surface area contributed by atoms with Crippen LogP contribution in [-0.2, 0) is 0 Å². The largest absolute Gasteiger partial charge is 0.495 e. The lowest BCUT2D eigenvalue weighted by molar-refractivity contribution is 0.178. The van der Waals surface area contributed by atoms with Gasteiger partial charge in [-0.2, -0.15) is 0 Å². The number of anilines is 1. The van der Waals surface area contributed by atoms with E-state index in [0.717, 1.165) is 36.7 Å². The van der Waals surface area contributed by atoms with Crippen molar-refractivity contribution in [3.05, 3.63) is 24.3 Å². The van der Waals surface area contributed by atoms with Gasteiger partial charge in [-0.15, -0.1) is 0 Å². The molecule has 0 spiro atoms. The zero-order valence-electron chi connectivity index (χ0n) is 14.2. The first-order valence-electron chi connectivity index (χ1n) is 9.12. The minimum Gasteiger partial charge on any atom is -0.495 e. The van der Waals surface area contributed by atoms with Gasteiger partial charge >= 0.3 is 0 Å². The third-order valence-electron chi connectivity index (χ3n) is 6.28. The average Bonchev–Trinajstić information content (AvgIpc) is 3.12. The normalized spacial score (nSPS) is 29.9. The number of hydrogen-bond acceptors (Lipinski definition) is 4. The fourth-order valence-electron chi connectivity index (χ4n) is 5.15. The van der Waals surface area contributed by atoms with Gasteiger partial charge in [-0.3, -0.25) is 4.90 Å². The Balaban J connectivity index is 1.35. The second-order valence-corrected chi connectivity index (χ2v) is 7.57. The molecule has 0 bridgehead atoms. The number of nitrogens with two attached hydrogens (primary N) is 1. The molecule has 4 nitrogen and oxygen atoms in total. The van der Waals surface area contributed by atoms with Crippen LogP contribution in [0.2, 0.25) is 0 Å². The average molecular weight is 315 g/mol. The summed E-state index contributed by atoms with van der Waals surface area (Å²) >= 11 is 0. The molecule has 3 fully saturated rings. The van der Waals surface area contributed by atoms with Gasteiger partial charge in [0, 0.05) is 38.3 Å². The minimum absolute atomic E-state index is 0.480. The molecule has 2 saturated carbocycles. The van der Waals surface area contributed by atoms with Crippen LogP contribution in [0.4, 0.5) is 5.69 Å². The highest BCUT2D eigenvalue weighted by molar-refractivity contribution is 5.58. The number of fused-ring (bicyclic) bond motifs is 1. The van der Waals surface area contributed by atoms with Gasteiger partial charge in [0.25, 0.3) is 0 Å². The Kier molecular flexibility index (Phi) is 4.20. The molecular weight excluding hydrogens is 286 g/mol. The summed E-state index contributed by atoms with van der Waals surface area (Å²) < 4.78 is 5.52. The maximum Gasteiger partial charge on any atom is 0.142 e. The van der Waals surface area contributed by atoms with Gasteiger partial charge in [0.05, 0.1) is 12.8 Å². The zero-order chi connectivity index (χ0) is 15.8. The summed E-state index contributed by atoms with van der Waals surface area (Å²) in [6.07, 6.45) is 5.30. The summed E-state index contributed by atoms with van der Waals surface area (Å²) in [6, 6.07) is 9.66. The molecule has 2 atom stereocenters. The van der Waals surface area contributed by atoms with E-state index in [1.807, 2.05) is 6.07 Å². The number of rotatable bonds is 3. The smallest absolute Gasteiger partial charge is 0.142 e. The number of para-hydroxylation sites is 2. The molecule has 0 radical (unpaired) electrons. The number of ether oxygens (including phenoxy) is 1. The first-order chi connectivity index (χ1) is 11.2. The highest BCUT2D eigenvalue weighted by atomic mass is 16.5. The molecule has 0 aromatic heterocycles. The SMILES string of the molecule is COc1ccccc1N1CCN(C2C[C@@H]3CC(N)C[C@H]3C2)CC1. The standard InChI is InChI=1S/C19H29N3O/c1-23-19-5-3-2-4-18(19)22-8-6-21(7-9-22)17-12-14-10-16(20)11-15(14)13-17/h2-5,14-17H,6-13,20H2,1H3/t14-,15-,16?,17?/m0/s1. The van der Waals surface area contributed by atoms with E-state index in [1.165, 1.54) is 44.5 Å². The van der Waals surface area contributed by atoms with Crippen LogP contribution in [0.3, 0.4) is 0 Å². The van der Waals surface area contributed by atoms with Crippen LogP contribution in [0.5, 0.6) is 5.75 Å². The molecule has 1 aliphatic heterocycles. The molecule has 2 aliphatic carbocycles. The van der Waals surface area contributed by atoms with Crippen molar-refractivity contribution >= 4 is 5.69 Å². The molecule has 0 amide bonds. The topological polar surface area (TPSA) is 41.7 Å². The summed E-state index contributed by atoms with van der Waals surface area (Å²) in [5.41, 5.74) is 7.37. The fraction of sp³-hybridized carbons (Fsp3) is 0.684. The van der Waals surface area contributed by atoms with Crippen LogP contribution in [-0.4, -0.2) is 50.3 Å². The van der Waals surface area contributed by atoms with Crippen LogP contribution in [0, 0.1) is 11.8 Å². The van der Waals surface area contributed by atoms with E-state index in [9.17, 15) is 0 Å². The van der Waals surface area contributed by atoms with Crippen molar-refractivity contribution in [2.75, 3.05) is 38.2 Å². The van der Waals surface area contributed by atoms with Gasteiger partial charge in [-0.05, 0) is 49.7 Å². The third-order valence-corrected chi connectivity index (χ3v) is 6.28. The Hall–Kier alpha value is -1.26. The van der Waals surface area contributed by atoms with E-state index >= 15 is 0 Å². The third kappa shape index (κ3) is 2.94. The Morgan fingerprint density at radius 1 is 0.957 bits per heavy atom. The van der Waals surface area contributed by atoms with Crippen LogP contribution in [0.1, 0.15) is 25.7 Å². The van der Waals surface area contributed by atoms with E-state index < -0.39 is 0 Å². The molecule has 23 heavy (non-hydrogen) atoms. The van der Waals surface area contributed by atoms with Gasteiger partial charge in [0.2, 0.25) is 0 Å². The molecule has 4 heteroatoms. The first kappa shape index (κ1) is 15.3. The number of benzene rings is 1. The fourth-order valence-corrected chi connectivity index (χ4v) is 5.15. The lowest BCUT2D eigenvalue weighted by Gasteiger charge is -2.39. The van der Waals surface area contributed by atoms with Gasteiger partial charge in [0.1, 0.15) is 5.75 Å². The Bertz CT molecular complexity index is 527. The molecule has 1 aromatic carbocycles. The van der Waals surface area contributed by atoms with Gasteiger partial charge < -0.3 is 15.4 Å². The molecule has 0 unspecified atom stereocenters. The highest BCUT2D eigenvalue weighted by Crippen LogP contribution is 2.45. The van der Waals surface area contributed by atoms with Gasteiger partial charge in [-0.25, -0.2) is 0 Å². The van der Waals surface area contributed by atoms with Crippen LogP contribution >= 0.6 is 0 Å². The van der Waals surface area contributed by atoms with E-state index in [4.69, 9.17) is 10.5 Å². The zero-order valence-corrected chi connectivity index (χ0v) is 14.2. The summed E-state index contributed by atoms with van der Waals surface area (Å²) in [7, 11) is 1.76. The van der Waals surface area contributed by atoms with Crippen molar-refractivity contribution < 1.29 is 4.74 Å². The quantitative estimate of drug-likeness (QED) is 0.929. The lowest BCUT2D eigenvalue weighted by Crippen LogP contribution is -2.50. The second-order valence-electron chi connectivity index (χ2n) is 7.57. The first-order valence-corrected chi connectivity index (χ1v) is 9.12. The summed E-state index contributed by atoms with van der Waals surface area (Å²) in [5.74, 6) is 2.80. The van der Waals surface area contributed by atoms with E-state index in [-0.39, 0.29) is 0 Å². The molecule has 1 aromatic rings. The van der Waals surface area contributed by atoms with E-state index in [0.29, 0.717) is 6.04 Å². The molecule has 1 heterocycles. The summed E-state index contributed by atoms with van der Waals surface area (Å²) in [6.45, 7) is 4.56. The molecule has 4 rings (SSSR count). The van der Waals surface area contributed by atoms with Crippen LogP contribution in [0.25, 0.3) is 0 Å². The Labute approximate surface area is 139 Å². The molecule has 126 valence electrons. The molecular formula is C19H29N3O. The maximum atomic E-state index is 6.13.